The van der Waals surface area contributed by atoms with Gasteiger partial charge in [-0.2, -0.15) is 8.78 Å². The Morgan fingerprint density at radius 2 is 2.00 bits per heavy atom. The molecule has 8 heavy (non-hydrogen) atoms. The van der Waals surface area contributed by atoms with Crippen molar-refractivity contribution < 1.29 is 8.78 Å². The molecular weight excluding hydrogens is 248 g/mol. The van der Waals surface area contributed by atoms with Crippen LogP contribution in [0.3, 0.4) is 0 Å². The van der Waals surface area contributed by atoms with Crippen molar-refractivity contribution in [1.82, 2.24) is 0 Å². The van der Waals surface area contributed by atoms with Crippen LogP contribution >= 0.6 is 34.2 Å². The Bertz CT molecular complexity index is 61.5. The minimum absolute atomic E-state index is 0.211. The third kappa shape index (κ3) is 6.88. The first kappa shape index (κ1) is 8.88. The first-order valence-electron chi connectivity index (χ1n) is 2.19. The van der Waals surface area contributed by atoms with Crippen LogP contribution < -0.4 is 0 Å². The van der Waals surface area contributed by atoms with Gasteiger partial charge in [-0.3, -0.25) is 0 Å². The minimum atomic E-state index is -2.98. The van der Waals surface area contributed by atoms with E-state index in [0.717, 1.165) is 4.43 Å². The molecule has 0 radical (unpaired) electrons. The van der Waals surface area contributed by atoms with Crippen LogP contribution in [0.25, 0.3) is 0 Å². The lowest BCUT2D eigenvalue weighted by atomic mass is 10.3. The second kappa shape index (κ2) is 3.82. The van der Waals surface area contributed by atoms with Crippen LogP contribution in [0.2, 0.25) is 0 Å². The van der Waals surface area contributed by atoms with Gasteiger partial charge in [0.15, 0.2) is 0 Å². The lowest BCUT2D eigenvalue weighted by molar-refractivity contribution is 0.0859. The molecular formula is C4H6ClF2I. The quantitative estimate of drug-likeness (QED) is 0.536. The smallest absolute Gasteiger partial charge is 0.188 e. The van der Waals surface area contributed by atoms with Crippen LogP contribution in [0.1, 0.15) is 12.8 Å². The summed E-state index contributed by atoms with van der Waals surface area (Å²) in [6, 6.07) is 0. The maximum Gasteiger partial charge on any atom is 0.321 e. The molecule has 0 N–H and O–H groups in total. The summed E-state index contributed by atoms with van der Waals surface area (Å²) in [5, 5.41) is -2.98. The lowest BCUT2D eigenvalue weighted by Gasteiger charge is -2.03. The summed E-state index contributed by atoms with van der Waals surface area (Å²) in [5.74, 6) is 0. The summed E-state index contributed by atoms with van der Waals surface area (Å²) in [5.41, 5.74) is 0. The van der Waals surface area contributed by atoms with Crippen LogP contribution in [0.15, 0.2) is 0 Å². The predicted molar refractivity (Wildman–Crippen MR) is 38.9 cm³/mol. The van der Waals surface area contributed by atoms with Crippen molar-refractivity contribution in [3.63, 3.8) is 0 Å². The fraction of sp³-hybridized carbons (Fsp3) is 1.00. The van der Waals surface area contributed by atoms with Gasteiger partial charge >= 0.3 is 5.38 Å². The summed E-state index contributed by atoms with van der Waals surface area (Å²) in [7, 11) is 0. The Labute approximate surface area is 65.7 Å². The van der Waals surface area contributed by atoms with E-state index in [2.05, 4.69) is 11.6 Å². The van der Waals surface area contributed by atoms with E-state index in [-0.39, 0.29) is 6.42 Å². The Kier molecular flexibility index (Phi) is 4.24. The van der Waals surface area contributed by atoms with Gasteiger partial charge in [0, 0.05) is 6.42 Å². The molecule has 0 unspecified atom stereocenters. The molecule has 0 atom stereocenters. The zero-order valence-electron chi connectivity index (χ0n) is 4.13. The molecule has 0 aromatic heterocycles. The van der Waals surface area contributed by atoms with E-state index < -0.39 is 5.38 Å². The van der Waals surface area contributed by atoms with Crippen LogP contribution in [0, 0.1) is 0 Å². The number of alkyl halides is 4. The SMILES string of the molecule is FC(F)(Cl)CCCI. The molecule has 4 heteroatoms. The topological polar surface area (TPSA) is 0 Å². The molecule has 0 amide bonds. The zero-order chi connectivity index (χ0) is 6.62. The van der Waals surface area contributed by atoms with Gasteiger partial charge in [-0.15, -0.1) is 0 Å². The van der Waals surface area contributed by atoms with Gasteiger partial charge in [0.2, 0.25) is 0 Å². The fourth-order valence-electron chi connectivity index (χ4n) is 0.267. The summed E-state index contributed by atoms with van der Waals surface area (Å²) < 4.78 is 24.1. The third-order valence-corrected chi connectivity index (χ3v) is 1.55. The third-order valence-electron chi connectivity index (χ3n) is 0.594. The van der Waals surface area contributed by atoms with E-state index in [9.17, 15) is 8.78 Å². The highest BCUT2D eigenvalue weighted by molar-refractivity contribution is 14.1. The van der Waals surface area contributed by atoms with Gasteiger partial charge in [-0.25, -0.2) is 0 Å². The first-order chi connectivity index (χ1) is 3.56. The summed E-state index contributed by atoms with van der Waals surface area (Å²) in [4.78, 5) is 0. The molecule has 0 aromatic carbocycles. The van der Waals surface area contributed by atoms with Crippen molar-refractivity contribution in [2.24, 2.45) is 0 Å². The number of hydrogen-bond donors (Lipinski definition) is 0. The van der Waals surface area contributed by atoms with Crippen LogP contribution in [-0.4, -0.2) is 9.81 Å². The Hall–Kier alpha value is 0.880. The Morgan fingerprint density at radius 3 is 2.12 bits per heavy atom. The molecule has 0 nitrogen and oxygen atoms in total. The molecule has 0 bridgehead atoms. The van der Waals surface area contributed by atoms with Crippen molar-refractivity contribution >= 4 is 34.2 Å². The first-order valence-corrected chi connectivity index (χ1v) is 4.09. The zero-order valence-corrected chi connectivity index (χ0v) is 7.05. The molecule has 0 aliphatic heterocycles. The molecule has 0 rings (SSSR count). The normalized spacial score (nSPS) is 12.0. The van der Waals surface area contributed by atoms with Crippen LogP contribution in [0.5, 0.6) is 0 Å². The maximum absolute atomic E-state index is 11.7. The van der Waals surface area contributed by atoms with Gasteiger partial charge in [0.25, 0.3) is 0 Å². The monoisotopic (exact) mass is 254 g/mol. The molecule has 0 spiro atoms. The van der Waals surface area contributed by atoms with Gasteiger partial charge in [0.05, 0.1) is 0 Å². The number of rotatable bonds is 3. The second-order valence-corrected chi connectivity index (χ2v) is 3.04. The summed E-state index contributed by atoms with van der Waals surface area (Å²) >= 11 is 6.61. The van der Waals surface area contributed by atoms with Crippen molar-refractivity contribution in [3.05, 3.63) is 0 Å². The summed E-state index contributed by atoms with van der Waals surface area (Å²) in [6.07, 6.45) is 0.272. The number of hydrogen-bond acceptors (Lipinski definition) is 0. The van der Waals surface area contributed by atoms with Gasteiger partial charge in [-0.1, -0.05) is 22.6 Å². The van der Waals surface area contributed by atoms with Crippen molar-refractivity contribution in [2.45, 2.75) is 18.2 Å². The lowest BCUT2D eigenvalue weighted by Crippen LogP contribution is -2.04. The average molecular weight is 254 g/mol. The van der Waals surface area contributed by atoms with Gasteiger partial charge in [-0.05, 0) is 22.4 Å². The minimum Gasteiger partial charge on any atom is -0.188 e. The maximum atomic E-state index is 11.7. The molecule has 0 heterocycles. The van der Waals surface area contributed by atoms with Gasteiger partial charge < -0.3 is 0 Å². The standard InChI is InChI=1S/C4H6ClF2I/c5-4(6,7)2-1-3-8/h1-3H2. The predicted octanol–water partition coefficient (Wildman–Crippen LogP) is 3.03. The van der Waals surface area contributed by atoms with Crippen molar-refractivity contribution in [1.29, 1.82) is 0 Å². The van der Waals surface area contributed by atoms with E-state index in [4.69, 9.17) is 0 Å². The molecule has 0 saturated carbocycles. The van der Waals surface area contributed by atoms with Crippen molar-refractivity contribution in [2.75, 3.05) is 4.43 Å². The Morgan fingerprint density at radius 1 is 1.50 bits per heavy atom. The fourth-order valence-corrected chi connectivity index (χ4v) is 0.782. The van der Waals surface area contributed by atoms with E-state index in [0.29, 0.717) is 6.42 Å². The molecule has 0 aliphatic carbocycles. The highest BCUT2D eigenvalue weighted by atomic mass is 127. The molecule has 0 fully saturated rings. The molecule has 50 valence electrons. The van der Waals surface area contributed by atoms with Crippen molar-refractivity contribution in [3.8, 4) is 0 Å². The van der Waals surface area contributed by atoms with Crippen LogP contribution in [0.4, 0.5) is 8.78 Å². The molecule has 0 aromatic rings. The number of halogens is 4. The van der Waals surface area contributed by atoms with E-state index in [1.54, 1.807) is 0 Å². The summed E-state index contributed by atoms with van der Waals surface area (Å²) in [6.45, 7) is 0. The van der Waals surface area contributed by atoms with E-state index >= 15 is 0 Å². The molecule has 0 saturated heterocycles. The van der Waals surface area contributed by atoms with Crippen LogP contribution in [-0.2, 0) is 0 Å². The Balaban J connectivity index is 3.11. The second-order valence-electron chi connectivity index (χ2n) is 1.41. The average Bonchev–Trinajstić information content (AvgIpc) is 1.59. The van der Waals surface area contributed by atoms with E-state index in [1.807, 2.05) is 22.6 Å². The highest BCUT2D eigenvalue weighted by Crippen LogP contribution is 2.24. The van der Waals surface area contributed by atoms with E-state index in [1.165, 1.54) is 0 Å². The largest absolute Gasteiger partial charge is 0.321 e. The van der Waals surface area contributed by atoms with Gasteiger partial charge in [0.1, 0.15) is 0 Å². The molecule has 0 aliphatic rings. The highest BCUT2D eigenvalue weighted by Gasteiger charge is 2.22.